The van der Waals surface area contributed by atoms with Crippen LogP contribution in [0.4, 0.5) is 15.8 Å². The Morgan fingerprint density at radius 2 is 1.78 bits per heavy atom. The Labute approximate surface area is 190 Å². The summed E-state index contributed by atoms with van der Waals surface area (Å²) in [5.41, 5.74) is 1.76. The van der Waals surface area contributed by atoms with E-state index in [0.717, 1.165) is 25.7 Å². The largest absolute Gasteiger partial charge is 0.352 e. The normalized spacial score (nSPS) is 23.2. The van der Waals surface area contributed by atoms with Crippen LogP contribution in [0.2, 0.25) is 0 Å². The van der Waals surface area contributed by atoms with Gasteiger partial charge in [0.25, 0.3) is 5.91 Å². The maximum atomic E-state index is 13.9. The SMILES string of the molecule is O=C(CN1C(=O)[C@@]2(SCC(=O)N2c2ccc(F)cc2)c2ccccc21)NC1CCCCC1. The van der Waals surface area contributed by atoms with E-state index in [1.165, 1.54) is 52.2 Å². The van der Waals surface area contributed by atoms with Gasteiger partial charge in [-0.1, -0.05) is 37.5 Å². The van der Waals surface area contributed by atoms with Crippen molar-refractivity contribution in [3.63, 3.8) is 0 Å². The van der Waals surface area contributed by atoms with Gasteiger partial charge in [0.2, 0.25) is 16.7 Å². The fourth-order valence-corrected chi connectivity index (χ4v) is 6.33. The third-order valence-electron chi connectivity index (χ3n) is 6.42. The van der Waals surface area contributed by atoms with E-state index in [9.17, 15) is 18.8 Å². The number of nitrogens with zero attached hydrogens (tertiary/aromatic N) is 2. The molecule has 1 atom stereocenters. The van der Waals surface area contributed by atoms with E-state index in [1.807, 2.05) is 24.3 Å². The van der Waals surface area contributed by atoms with Gasteiger partial charge >= 0.3 is 0 Å². The molecule has 2 heterocycles. The van der Waals surface area contributed by atoms with Gasteiger partial charge in [0, 0.05) is 17.3 Å². The molecule has 8 heteroatoms. The van der Waals surface area contributed by atoms with E-state index in [-0.39, 0.29) is 36.1 Å². The van der Waals surface area contributed by atoms with Crippen LogP contribution in [-0.4, -0.2) is 36.1 Å². The maximum absolute atomic E-state index is 13.9. The van der Waals surface area contributed by atoms with Crippen LogP contribution >= 0.6 is 11.8 Å². The molecule has 5 rings (SSSR count). The lowest BCUT2D eigenvalue weighted by Gasteiger charge is -2.33. The van der Waals surface area contributed by atoms with Crippen molar-refractivity contribution in [2.75, 3.05) is 22.1 Å². The molecule has 6 nitrogen and oxygen atoms in total. The number of hydrogen-bond donors (Lipinski definition) is 1. The monoisotopic (exact) mass is 453 g/mol. The molecular formula is C24H24FN3O3S. The standard InChI is InChI=1S/C24H24FN3O3S/c25-16-10-12-18(13-11-16)28-22(30)15-32-24(28)19-8-4-5-9-20(19)27(23(24)31)14-21(29)26-17-6-2-1-3-7-17/h4-5,8-13,17H,1-3,6-7,14-15H2,(H,26,29)/t24-/m0/s1. The summed E-state index contributed by atoms with van der Waals surface area (Å²) in [5.74, 6) is -1.03. The minimum atomic E-state index is -1.30. The molecule has 0 radical (unpaired) electrons. The average molecular weight is 454 g/mol. The number of hydrogen-bond acceptors (Lipinski definition) is 4. The topological polar surface area (TPSA) is 69.7 Å². The highest BCUT2D eigenvalue weighted by Crippen LogP contribution is 2.55. The third kappa shape index (κ3) is 3.37. The number of amides is 3. The zero-order chi connectivity index (χ0) is 22.3. The summed E-state index contributed by atoms with van der Waals surface area (Å²) in [5, 5.41) is 3.07. The number of nitrogens with one attached hydrogen (secondary N) is 1. The summed E-state index contributed by atoms with van der Waals surface area (Å²) in [6.07, 6.45) is 5.32. The number of rotatable bonds is 4. The Kier molecular flexibility index (Phi) is 5.41. The molecule has 1 saturated heterocycles. The molecule has 0 unspecified atom stereocenters. The molecule has 1 aliphatic carbocycles. The highest BCUT2D eigenvalue weighted by Gasteiger charge is 2.61. The quantitative estimate of drug-likeness (QED) is 0.769. The molecule has 32 heavy (non-hydrogen) atoms. The van der Waals surface area contributed by atoms with Gasteiger partial charge < -0.3 is 5.32 Å². The van der Waals surface area contributed by atoms with Crippen LogP contribution in [0.5, 0.6) is 0 Å². The highest BCUT2D eigenvalue weighted by molar-refractivity contribution is 8.02. The molecule has 2 aromatic carbocycles. The lowest BCUT2D eigenvalue weighted by Crippen LogP contribution is -2.52. The lowest BCUT2D eigenvalue weighted by atomic mass is 9.95. The Balaban J connectivity index is 1.48. The molecule has 0 bridgehead atoms. The smallest absolute Gasteiger partial charge is 0.269 e. The minimum Gasteiger partial charge on any atom is -0.352 e. The summed E-state index contributed by atoms with van der Waals surface area (Å²) >= 11 is 1.24. The van der Waals surface area contributed by atoms with Crippen molar-refractivity contribution < 1.29 is 18.8 Å². The van der Waals surface area contributed by atoms with Gasteiger partial charge in [-0.15, -0.1) is 11.8 Å². The van der Waals surface area contributed by atoms with Crippen molar-refractivity contribution in [1.29, 1.82) is 0 Å². The summed E-state index contributed by atoms with van der Waals surface area (Å²) in [6, 6.07) is 13.0. The van der Waals surface area contributed by atoms with Crippen LogP contribution in [0.25, 0.3) is 0 Å². The van der Waals surface area contributed by atoms with Crippen molar-refractivity contribution in [1.82, 2.24) is 5.32 Å². The van der Waals surface area contributed by atoms with Crippen molar-refractivity contribution in [2.45, 2.75) is 43.0 Å². The number of carbonyl (C=O) groups is 3. The number of halogens is 1. The minimum absolute atomic E-state index is 0.0971. The molecule has 1 spiro atoms. The van der Waals surface area contributed by atoms with Gasteiger partial charge in [0.15, 0.2) is 0 Å². The molecule has 166 valence electrons. The van der Waals surface area contributed by atoms with E-state index in [0.29, 0.717) is 16.9 Å². The van der Waals surface area contributed by atoms with Crippen molar-refractivity contribution >= 4 is 40.9 Å². The second-order valence-corrected chi connectivity index (χ2v) is 9.62. The molecule has 1 N–H and O–H groups in total. The Morgan fingerprint density at radius 1 is 1.06 bits per heavy atom. The van der Waals surface area contributed by atoms with Crippen LogP contribution in [0.1, 0.15) is 37.7 Å². The fourth-order valence-electron chi connectivity index (χ4n) is 4.97. The van der Waals surface area contributed by atoms with E-state index in [2.05, 4.69) is 5.32 Å². The average Bonchev–Trinajstić information content (AvgIpc) is 3.26. The molecule has 1 saturated carbocycles. The van der Waals surface area contributed by atoms with E-state index in [1.54, 1.807) is 0 Å². The molecule has 3 amide bonds. The van der Waals surface area contributed by atoms with Crippen LogP contribution in [0.15, 0.2) is 48.5 Å². The maximum Gasteiger partial charge on any atom is 0.269 e. The van der Waals surface area contributed by atoms with Gasteiger partial charge in [0.1, 0.15) is 12.4 Å². The Hall–Kier alpha value is -2.87. The summed E-state index contributed by atoms with van der Waals surface area (Å²) in [7, 11) is 0. The van der Waals surface area contributed by atoms with Crippen LogP contribution in [0, 0.1) is 5.82 Å². The summed E-state index contributed by atoms with van der Waals surface area (Å²) in [4.78, 5) is 41.3. The first-order valence-electron chi connectivity index (χ1n) is 10.9. The number of fused-ring (bicyclic) bond motifs is 2. The molecule has 3 aliphatic rings. The lowest BCUT2D eigenvalue weighted by molar-refractivity contribution is -0.126. The number of anilines is 2. The number of carbonyl (C=O) groups excluding carboxylic acids is 3. The number of thioether (sulfide) groups is 1. The molecular weight excluding hydrogens is 429 g/mol. The zero-order valence-corrected chi connectivity index (χ0v) is 18.4. The van der Waals surface area contributed by atoms with E-state index >= 15 is 0 Å². The fraction of sp³-hybridized carbons (Fsp3) is 0.375. The van der Waals surface area contributed by atoms with Gasteiger partial charge in [-0.25, -0.2) is 4.39 Å². The number of benzene rings is 2. The van der Waals surface area contributed by atoms with Crippen molar-refractivity contribution in [2.24, 2.45) is 0 Å². The summed E-state index contributed by atoms with van der Waals surface area (Å²) < 4.78 is 13.5. The Morgan fingerprint density at radius 3 is 2.53 bits per heavy atom. The zero-order valence-electron chi connectivity index (χ0n) is 17.6. The molecule has 2 aliphatic heterocycles. The predicted octanol–water partition coefficient (Wildman–Crippen LogP) is 3.55. The second kappa shape index (κ2) is 8.24. The first-order valence-corrected chi connectivity index (χ1v) is 11.9. The van der Waals surface area contributed by atoms with E-state index < -0.39 is 10.7 Å². The first-order chi connectivity index (χ1) is 15.5. The third-order valence-corrected chi connectivity index (χ3v) is 7.81. The van der Waals surface area contributed by atoms with Crippen LogP contribution in [-0.2, 0) is 19.3 Å². The number of para-hydroxylation sites is 1. The van der Waals surface area contributed by atoms with Gasteiger partial charge in [0.05, 0.1) is 11.4 Å². The van der Waals surface area contributed by atoms with Gasteiger partial charge in [-0.2, -0.15) is 0 Å². The van der Waals surface area contributed by atoms with E-state index in [4.69, 9.17) is 0 Å². The molecule has 2 fully saturated rings. The highest BCUT2D eigenvalue weighted by atomic mass is 32.2. The molecule has 2 aromatic rings. The van der Waals surface area contributed by atoms with Crippen molar-refractivity contribution in [3.8, 4) is 0 Å². The summed E-state index contributed by atoms with van der Waals surface area (Å²) in [6.45, 7) is -0.0971. The predicted molar refractivity (Wildman–Crippen MR) is 122 cm³/mol. The van der Waals surface area contributed by atoms with Crippen LogP contribution in [0.3, 0.4) is 0 Å². The van der Waals surface area contributed by atoms with Gasteiger partial charge in [-0.05, 0) is 43.2 Å². The van der Waals surface area contributed by atoms with Crippen molar-refractivity contribution in [3.05, 3.63) is 59.9 Å². The Bertz CT molecular complexity index is 1070. The molecule has 0 aromatic heterocycles. The first kappa shape index (κ1) is 21.0. The van der Waals surface area contributed by atoms with Gasteiger partial charge in [-0.3, -0.25) is 24.2 Å². The second-order valence-electron chi connectivity index (χ2n) is 8.45. The van der Waals surface area contributed by atoms with Crippen LogP contribution < -0.4 is 15.1 Å².